The van der Waals surface area contributed by atoms with Crippen molar-refractivity contribution >= 4 is 5.97 Å². The molecule has 0 unspecified atom stereocenters. The zero-order valence-electron chi connectivity index (χ0n) is 8.98. The average molecular weight is 210 g/mol. The predicted molar refractivity (Wildman–Crippen MR) is 55.5 cm³/mol. The smallest absolute Gasteiger partial charge is 0.364 e. The summed E-state index contributed by atoms with van der Waals surface area (Å²) in [7, 11) is 2.55. The van der Waals surface area contributed by atoms with Crippen molar-refractivity contribution in [3.63, 3.8) is 0 Å². The molecule has 0 aliphatic heterocycles. The van der Waals surface area contributed by atoms with Crippen LogP contribution in [0.15, 0.2) is 24.3 Å². The number of carboxylic acid groups (broad SMARTS) is 1. The molecule has 0 bridgehead atoms. The summed E-state index contributed by atoms with van der Waals surface area (Å²) in [6.45, 7) is 1.33. The van der Waals surface area contributed by atoms with Gasteiger partial charge in [-0.2, -0.15) is 0 Å². The number of hydrogen-bond donors (Lipinski definition) is 1. The molecule has 0 aromatic heterocycles. The molecule has 0 radical (unpaired) electrons. The van der Waals surface area contributed by atoms with Crippen molar-refractivity contribution in [2.45, 2.75) is 12.7 Å². The molecule has 4 nitrogen and oxygen atoms in total. The zero-order chi connectivity index (χ0) is 11.5. The van der Waals surface area contributed by atoms with Crippen molar-refractivity contribution in [2.24, 2.45) is 0 Å². The third-order valence-electron chi connectivity index (χ3n) is 2.39. The second-order valence-corrected chi connectivity index (χ2v) is 3.24. The maximum atomic E-state index is 10.2. The number of carboxylic acids is 1. The Morgan fingerprint density at radius 1 is 1.13 bits per heavy atom. The van der Waals surface area contributed by atoms with E-state index in [0.29, 0.717) is 0 Å². The van der Waals surface area contributed by atoms with Gasteiger partial charge < -0.3 is 14.6 Å². The first-order valence-electron chi connectivity index (χ1n) is 4.47. The molecule has 2 aliphatic carbocycles. The quantitative estimate of drug-likeness (QED) is 0.784. The van der Waals surface area contributed by atoms with Gasteiger partial charge >= 0.3 is 5.97 Å². The van der Waals surface area contributed by atoms with E-state index in [-0.39, 0.29) is 0 Å². The molecule has 0 saturated carbocycles. The maximum absolute atomic E-state index is 10.2. The molecule has 0 heterocycles. The fourth-order valence-electron chi connectivity index (χ4n) is 0.921. The van der Waals surface area contributed by atoms with E-state index >= 15 is 0 Å². The summed E-state index contributed by atoms with van der Waals surface area (Å²) < 4.78 is 9.05. The van der Waals surface area contributed by atoms with Crippen LogP contribution in [0.25, 0.3) is 11.1 Å². The molecule has 0 fully saturated rings. The number of fused-ring (bicyclic) bond motifs is 1. The van der Waals surface area contributed by atoms with E-state index in [4.69, 9.17) is 5.11 Å². The van der Waals surface area contributed by atoms with E-state index in [9.17, 15) is 4.79 Å². The van der Waals surface area contributed by atoms with Crippen LogP contribution < -0.4 is 0 Å². The van der Waals surface area contributed by atoms with Gasteiger partial charge in [0.25, 0.3) is 5.79 Å². The minimum absolute atomic E-state index is 1.13. The van der Waals surface area contributed by atoms with Crippen LogP contribution in [0.1, 0.15) is 6.92 Å². The van der Waals surface area contributed by atoms with Crippen LogP contribution in [0.3, 0.4) is 0 Å². The molecule has 1 N–H and O–H groups in total. The van der Waals surface area contributed by atoms with Gasteiger partial charge in [-0.1, -0.05) is 24.3 Å². The second-order valence-electron chi connectivity index (χ2n) is 3.24. The van der Waals surface area contributed by atoms with Gasteiger partial charge in [0.1, 0.15) is 0 Å². The van der Waals surface area contributed by atoms with Crippen molar-refractivity contribution in [2.75, 3.05) is 14.2 Å². The zero-order valence-corrected chi connectivity index (χ0v) is 8.98. The molecule has 0 saturated heterocycles. The molecule has 2 rings (SSSR count). The van der Waals surface area contributed by atoms with Crippen LogP contribution in [-0.2, 0) is 14.3 Å². The van der Waals surface area contributed by atoms with Gasteiger partial charge in [0.05, 0.1) is 0 Å². The molecule has 0 aromatic carbocycles. The highest BCUT2D eigenvalue weighted by molar-refractivity contribution is 5.75. The maximum Gasteiger partial charge on any atom is 0.364 e. The van der Waals surface area contributed by atoms with Crippen molar-refractivity contribution < 1.29 is 19.4 Å². The van der Waals surface area contributed by atoms with E-state index in [0.717, 1.165) is 0 Å². The summed E-state index contributed by atoms with van der Waals surface area (Å²) in [5.74, 6) is -2.63. The SMILES string of the molecule is COC(C)(OC)C(=O)O.c1cc2ccc1-2. The van der Waals surface area contributed by atoms with Crippen molar-refractivity contribution in [1.82, 2.24) is 0 Å². The largest absolute Gasteiger partial charge is 0.477 e. The third-order valence-corrected chi connectivity index (χ3v) is 2.39. The van der Waals surface area contributed by atoms with Crippen LogP contribution >= 0.6 is 0 Å². The normalized spacial score (nSPS) is 11.4. The molecule has 0 spiro atoms. The molecule has 0 atom stereocenters. The van der Waals surface area contributed by atoms with E-state index in [1.165, 1.54) is 32.3 Å². The van der Waals surface area contributed by atoms with Gasteiger partial charge in [-0.15, -0.1) is 0 Å². The van der Waals surface area contributed by atoms with E-state index in [2.05, 4.69) is 33.7 Å². The average Bonchev–Trinajstić information content (AvgIpc) is 2.22. The van der Waals surface area contributed by atoms with Crippen LogP contribution in [0, 0.1) is 0 Å². The fraction of sp³-hybridized carbons (Fsp3) is 0.364. The highest BCUT2D eigenvalue weighted by Gasteiger charge is 2.32. The van der Waals surface area contributed by atoms with Gasteiger partial charge in [0, 0.05) is 21.1 Å². The van der Waals surface area contributed by atoms with Crippen molar-refractivity contribution in [3.05, 3.63) is 24.3 Å². The Hall–Kier alpha value is -1.39. The van der Waals surface area contributed by atoms with E-state index in [1.807, 2.05) is 0 Å². The van der Waals surface area contributed by atoms with Gasteiger partial charge in [0.2, 0.25) is 0 Å². The molecule has 15 heavy (non-hydrogen) atoms. The van der Waals surface area contributed by atoms with Gasteiger partial charge in [-0.25, -0.2) is 4.79 Å². The predicted octanol–water partition coefficient (Wildman–Crippen LogP) is 1.75. The molecular weight excluding hydrogens is 196 g/mol. The number of hydrogen-bond acceptors (Lipinski definition) is 3. The number of carbonyl (C=O) groups is 1. The highest BCUT2D eigenvalue weighted by atomic mass is 16.7. The first-order valence-corrected chi connectivity index (χ1v) is 4.47. The lowest BCUT2D eigenvalue weighted by Crippen LogP contribution is -2.39. The molecule has 0 amide bonds. The van der Waals surface area contributed by atoms with E-state index in [1.54, 1.807) is 0 Å². The topological polar surface area (TPSA) is 55.8 Å². The molecule has 82 valence electrons. The van der Waals surface area contributed by atoms with Gasteiger partial charge in [-0.05, 0) is 11.1 Å². The molecule has 4 heteroatoms. The van der Waals surface area contributed by atoms with Crippen LogP contribution in [-0.4, -0.2) is 31.1 Å². The number of ether oxygens (including phenoxy) is 2. The Morgan fingerprint density at radius 3 is 1.47 bits per heavy atom. The first kappa shape index (κ1) is 11.7. The van der Waals surface area contributed by atoms with Crippen LogP contribution in [0.5, 0.6) is 0 Å². The number of methoxy groups -OCH3 is 2. The summed E-state index contributed by atoms with van der Waals surface area (Å²) in [6, 6.07) is 8.48. The summed E-state index contributed by atoms with van der Waals surface area (Å²) in [5, 5.41) is 8.38. The summed E-state index contributed by atoms with van der Waals surface area (Å²) in [6.07, 6.45) is 0. The Bertz CT molecular complexity index is 317. The van der Waals surface area contributed by atoms with Crippen LogP contribution in [0.2, 0.25) is 0 Å². The van der Waals surface area contributed by atoms with Crippen molar-refractivity contribution in [1.29, 1.82) is 0 Å². The fourth-order valence-corrected chi connectivity index (χ4v) is 0.921. The van der Waals surface area contributed by atoms with Crippen molar-refractivity contribution in [3.8, 4) is 11.1 Å². The summed E-state index contributed by atoms with van der Waals surface area (Å²) >= 11 is 0. The Labute approximate surface area is 88.4 Å². The lowest BCUT2D eigenvalue weighted by molar-refractivity contribution is -0.217. The molecular formula is C11H14O4. The van der Waals surface area contributed by atoms with E-state index < -0.39 is 11.8 Å². The molecule has 0 aromatic rings. The second kappa shape index (κ2) is 4.42. The minimum atomic E-state index is -1.50. The number of aliphatic carboxylic acids is 1. The summed E-state index contributed by atoms with van der Waals surface area (Å²) in [5.41, 5.74) is 2.85. The standard InChI is InChI=1S/C6H4.C5H10O4/c1-2-6-4-3-5(1)6;1-5(8-2,9-3)4(6)7/h1-4H;1-3H3,(H,6,7). The third kappa shape index (κ3) is 2.34. The first-order chi connectivity index (χ1) is 7.03. The Balaban J connectivity index is 0.000000158. The Kier molecular flexibility index (Phi) is 3.44. The lowest BCUT2D eigenvalue weighted by atomic mass is 9.95. The van der Waals surface area contributed by atoms with Gasteiger partial charge in [0.15, 0.2) is 0 Å². The minimum Gasteiger partial charge on any atom is -0.477 e. The van der Waals surface area contributed by atoms with Gasteiger partial charge in [-0.3, -0.25) is 0 Å². The Morgan fingerprint density at radius 2 is 1.47 bits per heavy atom. The number of rotatable bonds is 3. The molecule has 2 aliphatic rings. The monoisotopic (exact) mass is 210 g/mol. The lowest BCUT2D eigenvalue weighted by Gasteiger charge is -2.19. The summed E-state index contributed by atoms with van der Waals surface area (Å²) in [4.78, 5) is 10.2. The highest BCUT2D eigenvalue weighted by Crippen LogP contribution is 2.29. The number of benzene rings is 1. The van der Waals surface area contributed by atoms with Crippen LogP contribution in [0.4, 0.5) is 0 Å².